The molecule has 2 aromatic rings. The summed E-state index contributed by atoms with van der Waals surface area (Å²) in [5, 5.41) is 8.62. The van der Waals surface area contributed by atoms with Crippen LogP contribution in [-0.2, 0) is 16.0 Å². The van der Waals surface area contributed by atoms with Crippen LogP contribution >= 0.6 is 0 Å². The van der Waals surface area contributed by atoms with Crippen LogP contribution in [-0.4, -0.2) is 49.8 Å². The number of anilines is 2. The number of nitrogens with zero attached hydrogens (tertiary/aromatic N) is 1. The molecule has 7 heteroatoms. The number of hydrogen-bond donors (Lipinski definition) is 3. The zero-order valence-electron chi connectivity index (χ0n) is 17.1. The van der Waals surface area contributed by atoms with Crippen molar-refractivity contribution < 1.29 is 14.4 Å². The van der Waals surface area contributed by atoms with E-state index in [1.807, 2.05) is 31.2 Å². The molecular formula is C22H28N4O3. The monoisotopic (exact) mass is 396 g/mol. The van der Waals surface area contributed by atoms with Crippen molar-refractivity contribution in [3.8, 4) is 0 Å². The highest BCUT2D eigenvalue weighted by Crippen LogP contribution is 2.14. The molecule has 2 rings (SSSR count). The van der Waals surface area contributed by atoms with Gasteiger partial charge in [0, 0.05) is 44.0 Å². The summed E-state index contributed by atoms with van der Waals surface area (Å²) in [6, 6.07) is 14.5. The van der Waals surface area contributed by atoms with Crippen LogP contribution in [0.1, 0.15) is 29.3 Å². The third kappa shape index (κ3) is 7.29. The van der Waals surface area contributed by atoms with E-state index < -0.39 is 0 Å². The van der Waals surface area contributed by atoms with Crippen molar-refractivity contribution in [1.82, 2.24) is 10.2 Å². The smallest absolute Gasteiger partial charge is 0.251 e. The van der Waals surface area contributed by atoms with E-state index in [-0.39, 0.29) is 24.3 Å². The lowest BCUT2D eigenvalue weighted by atomic mass is 10.1. The first kappa shape index (κ1) is 21.9. The van der Waals surface area contributed by atoms with Crippen LogP contribution in [0, 0.1) is 0 Å². The Labute approximate surface area is 171 Å². The van der Waals surface area contributed by atoms with Crippen molar-refractivity contribution in [2.24, 2.45) is 0 Å². The molecule has 0 unspecified atom stereocenters. The summed E-state index contributed by atoms with van der Waals surface area (Å²) in [7, 11) is 3.47. The second kappa shape index (κ2) is 10.8. The fourth-order valence-corrected chi connectivity index (χ4v) is 2.70. The molecule has 0 spiro atoms. The molecule has 3 N–H and O–H groups in total. The Bertz CT molecular complexity index is 865. The predicted molar refractivity (Wildman–Crippen MR) is 115 cm³/mol. The molecule has 0 fully saturated rings. The third-order valence-electron chi connectivity index (χ3n) is 4.25. The maximum atomic E-state index is 12.3. The molecule has 0 aromatic heterocycles. The molecule has 7 nitrogen and oxygen atoms in total. The molecule has 29 heavy (non-hydrogen) atoms. The van der Waals surface area contributed by atoms with Gasteiger partial charge in [-0.05, 0) is 49.2 Å². The van der Waals surface area contributed by atoms with E-state index in [2.05, 4.69) is 16.0 Å². The van der Waals surface area contributed by atoms with E-state index in [4.69, 9.17) is 0 Å². The van der Waals surface area contributed by atoms with E-state index in [1.54, 1.807) is 43.3 Å². The van der Waals surface area contributed by atoms with Crippen molar-refractivity contribution >= 4 is 29.1 Å². The first-order valence-electron chi connectivity index (χ1n) is 9.60. The van der Waals surface area contributed by atoms with Gasteiger partial charge in [-0.25, -0.2) is 0 Å². The summed E-state index contributed by atoms with van der Waals surface area (Å²) in [4.78, 5) is 37.5. The molecule has 0 saturated carbocycles. The third-order valence-corrected chi connectivity index (χ3v) is 4.25. The van der Waals surface area contributed by atoms with Crippen molar-refractivity contribution in [3.63, 3.8) is 0 Å². The van der Waals surface area contributed by atoms with Gasteiger partial charge in [-0.3, -0.25) is 14.4 Å². The van der Waals surface area contributed by atoms with E-state index >= 15 is 0 Å². The minimum absolute atomic E-state index is 0.0680. The quantitative estimate of drug-likeness (QED) is 0.607. The average Bonchev–Trinajstić information content (AvgIpc) is 2.71. The van der Waals surface area contributed by atoms with E-state index in [0.717, 1.165) is 5.56 Å². The molecule has 0 aliphatic rings. The Morgan fingerprint density at radius 2 is 1.69 bits per heavy atom. The predicted octanol–water partition coefficient (Wildman–Crippen LogP) is 2.51. The summed E-state index contributed by atoms with van der Waals surface area (Å²) < 4.78 is 0. The minimum Gasteiger partial charge on any atom is -0.376 e. The van der Waals surface area contributed by atoms with Gasteiger partial charge in [0.05, 0.1) is 6.54 Å². The lowest BCUT2D eigenvalue weighted by Gasteiger charge is -2.11. The molecule has 3 amide bonds. The minimum atomic E-state index is -0.199. The Morgan fingerprint density at radius 1 is 0.966 bits per heavy atom. The molecule has 0 aliphatic carbocycles. The van der Waals surface area contributed by atoms with Crippen LogP contribution in [0.15, 0.2) is 48.5 Å². The molecule has 0 aliphatic heterocycles. The number of amides is 3. The number of carbonyl (C=O) groups is 3. The normalized spacial score (nSPS) is 10.2. The second-order valence-corrected chi connectivity index (χ2v) is 6.83. The fourth-order valence-electron chi connectivity index (χ4n) is 2.70. The largest absolute Gasteiger partial charge is 0.376 e. The molecule has 0 radical (unpaired) electrons. The maximum Gasteiger partial charge on any atom is 0.251 e. The van der Waals surface area contributed by atoms with E-state index in [1.165, 1.54) is 0 Å². The summed E-state index contributed by atoms with van der Waals surface area (Å²) in [6.07, 6.45) is 1.04. The zero-order chi connectivity index (χ0) is 21.2. The Hall–Kier alpha value is -3.35. The van der Waals surface area contributed by atoms with Crippen molar-refractivity contribution in [3.05, 3.63) is 59.7 Å². The topological polar surface area (TPSA) is 90.5 Å². The van der Waals surface area contributed by atoms with Crippen LogP contribution in [0.3, 0.4) is 0 Å². The van der Waals surface area contributed by atoms with Crippen molar-refractivity contribution in [2.45, 2.75) is 19.8 Å². The molecule has 2 aromatic carbocycles. The van der Waals surface area contributed by atoms with Gasteiger partial charge in [0.2, 0.25) is 11.8 Å². The van der Waals surface area contributed by atoms with Crippen LogP contribution in [0.2, 0.25) is 0 Å². The maximum absolute atomic E-state index is 12.3. The number of aryl methyl sites for hydroxylation is 1. The number of carbonyl (C=O) groups excluding carboxylic acids is 3. The lowest BCUT2D eigenvalue weighted by Crippen LogP contribution is -2.24. The van der Waals surface area contributed by atoms with Gasteiger partial charge in [0.1, 0.15) is 0 Å². The van der Waals surface area contributed by atoms with Gasteiger partial charge in [-0.1, -0.05) is 18.2 Å². The van der Waals surface area contributed by atoms with Crippen LogP contribution in [0.4, 0.5) is 11.4 Å². The molecule has 0 atom stereocenters. The van der Waals surface area contributed by atoms with E-state index in [9.17, 15) is 14.4 Å². The summed E-state index contributed by atoms with van der Waals surface area (Å²) in [5.41, 5.74) is 2.90. The highest BCUT2D eigenvalue weighted by Gasteiger charge is 2.08. The summed E-state index contributed by atoms with van der Waals surface area (Å²) >= 11 is 0. The Kier molecular flexibility index (Phi) is 8.21. The first-order chi connectivity index (χ1) is 13.9. The highest BCUT2D eigenvalue weighted by molar-refractivity contribution is 5.96. The van der Waals surface area contributed by atoms with Gasteiger partial charge in [-0.2, -0.15) is 0 Å². The van der Waals surface area contributed by atoms with Gasteiger partial charge in [0.15, 0.2) is 0 Å². The van der Waals surface area contributed by atoms with Crippen LogP contribution < -0.4 is 16.0 Å². The van der Waals surface area contributed by atoms with Crippen LogP contribution in [0.25, 0.3) is 0 Å². The zero-order valence-corrected chi connectivity index (χ0v) is 17.1. The molecule has 0 heterocycles. The fraction of sp³-hybridized carbons (Fsp3) is 0.318. The van der Waals surface area contributed by atoms with Gasteiger partial charge in [-0.15, -0.1) is 0 Å². The summed E-state index contributed by atoms with van der Waals surface area (Å²) in [5.74, 6) is -0.279. The SMILES string of the molecule is CCNC(=O)c1cccc(NCC(=O)Nc2cccc(CCC(=O)N(C)C)c2)c1. The van der Waals surface area contributed by atoms with Gasteiger partial charge >= 0.3 is 0 Å². The Morgan fingerprint density at radius 3 is 2.41 bits per heavy atom. The standard InChI is InChI=1S/C22H28N4O3/c1-4-23-22(29)17-8-6-9-18(14-17)24-15-20(27)25-19-10-5-7-16(13-19)11-12-21(28)26(2)3/h5-10,13-14,24H,4,11-12,15H2,1-3H3,(H,23,29)(H,25,27). The van der Waals surface area contributed by atoms with Gasteiger partial charge < -0.3 is 20.9 Å². The van der Waals surface area contributed by atoms with Crippen LogP contribution in [0.5, 0.6) is 0 Å². The van der Waals surface area contributed by atoms with Gasteiger partial charge in [0.25, 0.3) is 5.91 Å². The second-order valence-electron chi connectivity index (χ2n) is 6.83. The molecular weight excluding hydrogens is 368 g/mol. The molecule has 154 valence electrons. The first-order valence-corrected chi connectivity index (χ1v) is 9.60. The summed E-state index contributed by atoms with van der Waals surface area (Å²) in [6.45, 7) is 2.49. The lowest BCUT2D eigenvalue weighted by molar-refractivity contribution is -0.128. The molecule has 0 saturated heterocycles. The highest BCUT2D eigenvalue weighted by atomic mass is 16.2. The number of benzene rings is 2. The number of hydrogen-bond acceptors (Lipinski definition) is 4. The average molecular weight is 396 g/mol. The van der Waals surface area contributed by atoms with Crippen molar-refractivity contribution in [2.75, 3.05) is 37.8 Å². The number of nitrogens with one attached hydrogen (secondary N) is 3. The molecule has 0 bridgehead atoms. The van der Waals surface area contributed by atoms with E-state index in [0.29, 0.717) is 36.3 Å². The Balaban J connectivity index is 1.88. The van der Waals surface area contributed by atoms with Crippen molar-refractivity contribution in [1.29, 1.82) is 0 Å². The number of rotatable bonds is 9.